The van der Waals surface area contributed by atoms with E-state index in [2.05, 4.69) is 0 Å². The average Bonchev–Trinajstić information content (AvgIpc) is 2.61. The fourth-order valence-electron chi connectivity index (χ4n) is 2.77. The van der Waals surface area contributed by atoms with Gasteiger partial charge in [-0.3, -0.25) is 14.9 Å². The number of sulfonamides is 1. The van der Waals surface area contributed by atoms with Crippen molar-refractivity contribution in [3.63, 3.8) is 0 Å². The summed E-state index contributed by atoms with van der Waals surface area (Å²) in [5.41, 5.74) is -0.402. The Balaban J connectivity index is 2.06. The highest BCUT2D eigenvalue weighted by Gasteiger charge is 2.30. The number of nitrogens with zero attached hydrogens (tertiary/aromatic N) is 3. The standard InChI is InChI=1S/C15H21N3O7S/c1-25-14-5-4-12(11-13(14)18(21)22)26(23,24)17-9-7-16(8-10-17)6-2-3-15(19)20/h4-5,11H,2-3,6-10H2,1H3,(H,19,20). The number of hydrogen-bond donors (Lipinski definition) is 1. The van der Waals surface area contributed by atoms with Gasteiger partial charge in [-0.25, -0.2) is 8.42 Å². The maximum Gasteiger partial charge on any atom is 0.312 e. The van der Waals surface area contributed by atoms with Crippen LogP contribution >= 0.6 is 0 Å². The van der Waals surface area contributed by atoms with Gasteiger partial charge in [-0.05, 0) is 25.1 Å². The zero-order chi connectivity index (χ0) is 19.3. The average molecular weight is 387 g/mol. The summed E-state index contributed by atoms with van der Waals surface area (Å²) in [7, 11) is -2.57. The van der Waals surface area contributed by atoms with E-state index in [1.54, 1.807) is 0 Å². The summed E-state index contributed by atoms with van der Waals surface area (Å²) in [5.74, 6) is -0.857. The number of carboxylic acids is 1. The summed E-state index contributed by atoms with van der Waals surface area (Å²) in [5, 5.41) is 19.7. The molecule has 1 aliphatic rings. The molecular formula is C15H21N3O7S. The molecule has 26 heavy (non-hydrogen) atoms. The van der Waals surface area contributed by atoms with Gasteiger partial charge in [0.05, 0.1) is 16.9 Å². The SMILES string of the molecule is COc1ccc(S(=O)(=O)N2CCN(CCCC(=O)O)CC2)cc1[N+](=O)[O-]. The molecule has 1 heterocycles. The molecule has 1 aromatic rings. The van der Waals surface area contributed by atoms with Crippen LogP contribution in [0.25, 0.3) is 0 Å². The van der Waals surface area contributed by atoms with Crippen LogP contribution in [0.5, 0.6) is 5.75 Å². The third kappa shape index (κ3) is 4.68. The molecule has 0 radical (unpaired) electrons. The van der Waals surface area contributed by atoms with Crippen LogP contribution in [0, 0.1) is 10.1 Å². The number of benzene rings is 1. The van der Waals surface area contributed by atoms with Gasteiger partial charge in [0, 0.05) is 38.7 Å². The number of aliphatic carboxylic acids is 1. The fraction of sp³-hybridized carbons (Fsp3) is 0.533. The van der Waals surface area contributed by atoms with Crippen LogP contribution in [0.2, 0.25) is 0 Å². The van der Waals surface area contributed by atoms with Crippen molar-refractivity contribution in [1.29, 1.82) is 0 Å². The van der Waals surface area contributed by atoms with E-state index in [9.17, 15) is 23.3 Å². The third-order valence-electron chi connectivity index (χ3n) is 4.18. The minimum absolute atomic E-state index is 0.00259. The molecule has 1 N–H and O–H groups in total. The lowest BCUT2D eigenvalue weighted by Crippen LogP contribution is -2.48. The topological polar surface area (TPSA) is 130 Å². The number of carboxylic acid groups (broad SMARTS) is 1. The van der Waals surface area contributed by atoms with Crippen molar-refractivity contribution < 1.29 is 28.0 Å². The Labute approximate surface area is 151 Å². The summed E-state index contributed by atoms with van der Waals surface area (Å²) in [4.78, 5) is 22.8. The van der Waals surface area contributed by atoms with Crippen LogP contribution in [0.4, 0.5) is 5.69 Å². The second-order valence-electron chi connectivity index (χ2n) is 5.83. The lowest BCUT2D eigenvalue weighted by molar-refractivity contribution is -0.386. The molecule has 144 valence electrons. The van der Waals surface area contributed by atoms with Crippen LogP contribution < -0.4 is 4.74 Å². The molecule has 0 amide bonds. The summed E-state index contributed by atoms with van der Waals surface area (Å²) < 4.78 is 31.6. The molecule has 1 fully saturated rings. The molecule has 1 aliphatic heterocycles. The Hall–Kier alpha value is -2.24. The van der Waals surface area contributed by atoms with E-state index in [0.29, 0.717) is 26.1 Å². The number of nitro benzene ring substituents is 1. The number of nitro groups is 1. The van der Waals surface area contributed by atoms with E-state index in [-0.39, 0.29) is 30.2 Å². The van der Waals surface area contributed by atoms with E-state index in [1.807, 2.05) is 4.90 Å². The maximum atomic E-state index is 12.7. The second-order valence-corrected chi connectivity index (χ2v) is 7.77. The first-order chi connectivity index (χ1) is 12.3. The molecule has 0 aliphatic carbocycles. The lowest BCUT2D eigenvalue weighted by Gasteiger charge is -2.33. The van der Waals surface area contributed by atoms with Crippen molar-refractivity contribution in [2.24, 2.45) is 0 Å². The second kappa shape index (κ2) is 8.43. The molecule has 0 aromatic heterocycles. The number of rotatable bonds is 8. The molecule has 0 spiro atoms. The minimum atomic E-state index is -3.85. The third-order valence-corrected chi connectivity index (χ3v) is 6.08. The zero-order valence-electron chi connectivity index (χ0n) is 14.3. The summed E-state index contributed by atoms with van der Waals surface area (Å²) in [6.07, 6.45) is 0.584. The first-order valence-electron chi connectivity index (χ1n) is 8.02. The molecule has 11 heteroatoms. The first kappa shape index (κ1) is 20.1. The van der Waals surface area contributed by atoms with Crippen LogP contribution in [-0.2, 0) is 14.8 Å². The summed E-state index contributed by atoms with van der Waals surface area (Å²) in [6.45, 7) is 2.05. The molecule has 1 aromatic carbocycles. The van der Waals surface area contributed by atoms with Crippen LogP contribution in [-0.4, -0.2) is 73.5 Å². The number of methoxy groups -OCH3 is 1. The maximum absolute atomic E-state index is 12.7. The van der Waals surface area contributed by atoms with Crippen molar-refractivity contribution in [1.82, 2.24) is 9.21 Å². The number of ether oxygens (including phenoxy) is 1. The molecule has 0 atom stereocenters. The molecular weight excluding hydrogens is 366 g/mol. The van der Waals surface area contributed by atoms with Crippen LogP contribution in [0.15, 0.2) is 23.1 Å². The normalized spacial score (nSPS) is 16.3. The van der Waals surface area contributed by atoms with Gasteiger partial charge in [-0.15, -0.1) is 0 Å². The van der Waals surface area contributed by atoms with Gasteiger partial charge in [-0.1, -0.05) is 0 Å². The Morgan fingerprint density at radius 3 is 2.50 bits per heavy atom. The van der Waals surface area contributed by atoms with Crippen LogP contribution in [0.3, 0.4) is 0 Å². The Kier molecular flexibility index (Phi) is 6.51. The number of carbonyl (C=O) groups is 1. The van der Waals surface area contributed by atoms with E-state index in [1.165, 1.54) is 23.5 Å². The first-order valence-corrected chi connectivity index (χ1v) is 9.46. The van der Waals surface area contributed by atoms with E-state index < -0.39 is 26.6 Å². The lowest BCUT2D eigenvalue weighted by atomic mass is 10.2. The Morgan fingerprint density at radius 2 is 1.96 bits per heavy atom. The highest BCUT2D eigenvalue weighted by Crippen LogP contribution is 2.30. The predicted molar refractivity (Wildman–Crippen MR) is 91.7 cm³/mol. The van der Waals surface area contributed by atoms with Gasteiger partial charge >= 0.3 is 11.7 Å². The predicted octanol–water partition coefficient (Wildman–Crippen LogP) is 0.775. The van der Waals surface area contributed by atoms with Gasteiger partial charge in [-0.2, -0.15) is 4.31 Å². The van der Waals surface area contributed by atoms with E-state index in [0.717, 1.165) is 6.07 Å². The van der Waals surface area contributed by atoms with Crippen molar-refractivity contribution >= 4 is 21.7 Å². The summed E-state index contributed by atoms with van der Waals surface area (Å²) in [6, 6.07) is 3.57. The number of piperazine rings is 1. The largest absolute Gasteiger partial charge is 0.490 e. The van der Waals surface area contributed by atoms with Gasteiger partial charge in [0.25, 0.3) is 0 Å². The monoisotopic (exact) mass is 387 g/mol. The quantitative estimate of drug-likeness (QED) is 0.511. The van der Waals surface area contributed by atoms with Gasteiger partial charge in [0.1, 0.15) is 0 Å². The smallest absolute Gasteiger partial charge is 0.312 e. The van der Waals surface area contributed by atoms with E-state index in [4.69, 9.17) is 9.84 Å². The van der Waals surface area contributed by atoms with Crippen molar-refractivity contribution in [2.45, 2.75) is 17.7 Å². The molecule has 2 rings (SSSR count). The zero-order valence-corrected chi connectivity index (χ0v) is 15.1. The highest BCUT2D eigenvalue weighted by atomic mass is 32.2. The summed E-state index contributed by atoms with van der Waals surface area (Å²) >= 11 is 0. The highest BCUT2D eigenvalue weighted by molar-refractivity contribution is 7.89. The van der Waals surface area contributed by atoms with Crippen molar-refractivity contribution in [2.75, 3.05) is 39.8 Å². The van der Waals surface area contributed by atoms with Gasteiger partial charge in [0.15, 0.2) is 5.75 Å². The Morgan fingerprint density at radius 1 is 1.31 bits per heavy atom. The van der Waals surface area contributed by atoms with Crippen molar-refractivity contribution in [3.8, 4) is 5.75 Å². The van der Waals surface area contributed by atoms with Gasteiger partial charge < -0.3 is 14.7 Å². The molecule has 1 saturated heterocycles. The Bertz CT molecular complexity index is 773. The fourth-order valence-corrected chi connectivity index (χ4v) is 4.21. The number of hydrogen-bond acceptors (Lipinski definition) is 7. The molecule has 0 bridgehead atoms. The van der Waals surface area contributed by atoms with Crippen LogP contribution in [0.1, 0.15) is 12.8 Å². The molecule has 10 nitrogen and oxygen atoms in total. The van der Waals surface area contributed by atoms with Crippen molar-refractivity contribution in [3.05, 3.63) is 28.3 Å². The molecule has 0 saturated carbocycles. The molecule has 0 unspecified atom stereocenters. The van der Waals surface area contributed by atoms with E-state index >= 15 is 0 Å². The minimum Gasteiger partial charge on any atom is -0.490 e. The van der Waals surface area contributed by atoms with Gasteiger partial charge in [0.2, 0.25) is 10.0 Å².